The first-order chi connectivity index (χ1) is 8.72. The largest absolute Gasteiger partial charge is 0.384 e. The highest BCUT2D eigenvalue weighted by molar-refractivity contribution is 7.10. The Morgan fingerprint density at radius 2 is 1.94 bits per heavy atom. The van der Waals surface area contributed by atoms with Crippen LogP contribution in [0, 0.1) is 6.92 Å². The molecular weight excluding hydrogens is 244 g/mol. The maximum atomic E-state index is 10.3. The Morgan fingerprint density at radius 3 is 2.50 bits per heavy atom. The zero-order valence-corrected chi connectivity index (χ0v) is 11.5. The normalized spacial score (nSPS) is 12.6. The molecule has 1 heterocycles. The number of benzene rings is 1. The van der Waals surface area contributed by atoms with Crippen LogP contribution in [0.5, 0.6) is 0 Å². The van der Waals surface area contributed by atoms with Crippen molar-refractivity contribution in [1.82, 2.24) is 0 Å². The second kappa shape index (κ2) is 6.14. The molecule has 0 spiro atoms. The Balaban J connectivity index is 2.12. The number of aliphatic hydroxyl groups is 1. The van der Waals surface area contributed by atoms with Crippen LogP contribution >= 0.6 is 11.3 Å². The van der Waals surface area contributed by atoms with Gasteiger partial charge in [0.25, 0.3) is 0 Å². The average Bonchev–Trinajstić information content (AvgIpc) is 2.82. The van der Waals surface area contributed by atoms with E-state index in [0.717, 1.165) is 29.0 Å². The van der Waals surface area contributed by atoms with Gasteiger partial charge in [0.2, 0.25) is 0 Å². The van der Waals surface area contributed by atoms with Gasteiger partial charge in [-0.2, -0.15) is 0 Å². The van der Waals surface area contributed by atoms with E-state index in [1.165, 1.54) is 5.56 Å². The molecule has 0 aliphatic carbocycles. The van der Waals surface area contributed by atoms with Gasteiger partial charge in [-0.25, -0.2) is 0 Å². The van der Waals surface area contributed by atoms with Gasteiger partial charge in [0.15, 0.2) is 0 Å². The van der Waals surface area contributed by atoms with E-state index in [9.17, 15) is 5.11 Å². The number of ether oxygens (including phenoxy) is 1. The van der Waals surface area contributed by atoms with Crippen molar-refractivity contribution in [3.8, 4) is 0 Å². The lowest BCUT2D eigenvalue weighted by Crippen LogP contribution is -2.00. The molecule has 18 heavy (non-hydrogen) atoms. The molecule has 1 atom stereocenters. The van der Waals surface area contributed by atoms with Crippen LogP contribution in [0.25, 0.3) is 0 Å². The molecule has 0 saturated carbocycles. The van der Waals surface area contributed by atoms with E-state index in [1.54, 1.807) is 18.4 Å². The molecule has 0 fully saturated rings. The van der Waals surface area contributed by atoms with Crippen molar-refractivity contribution in [3.63, 3.8) is 0 Å². The first-order valence-electron chi connectivity index (χ1n) is 6.02. The van der Waals surface area contributed by atoms with Crippen LogP contribution < -0.4 is 0 Å². The Bertz CT molecular complexity index is 487. The van der Waals surface area contributed by atoms with Crippen LogP contribution in [-0.2, 0) is 11.2 Å². The smallest absolute Gasteiger partial charge is 0.113 e. The molecule has 2 nitrogen and oxygen atoms in total. The molecule has 0 amide bonds. The van der Waals surface area contributed by atoms with Gasteiger partial charge in [0.1, 0.15) is 6.10 Å². The zero-order chi connectivity index (χ0) is 13.0. The van der Waals surface area contributed by atoms with E-state index in [-0.39, 0.29) is 0 Å². The lowest BCUT2D eigenvalue weighted by molar-refractivity contribution is 0.202. The number of methoxy groups -OCH3 is 1. The van der Waals surface area contributed by atoms with Crippen molar-refractivity contribution in [3.05, 3.63) is 57.3 Å². The van der Waals surface area contributed by atoms with Crippen LogP contribution in [0.15, 0.2) is 35.7 Å². The molecule has 1 unspecified atom stereocenters. The first kappa shape index (κ1) is 13.3. The minimum absolute atomic E-state index is 0.513. The molecule has 2 aromatic rings. The van der Waals surface area contributed by atoms with E-state index < -0.39 is 6.10 Å². The van der Waals surface area contributed by atoms with Crippen molar-refractivity contribution in [2.75, 3.05) is 13.7 Å². The lowest BCUT2D eigenvalue weighted by atomic mass is 10.0. The minimum Gasteiger partial charge on any atom is -0.384 e. The van der Waals surface area contributed by atoms with Crippen molar-refractivity contribution >= 4 is 11.3 Å². The zero-order valence-electron chi connectivity index (χ0n) is 10.7. The van der Waals surface area contributed by atoms with E-state index in [4.69, 9.17) is 4.74 Å². The number of aliphatic hydroxyl groups excluding tert-OH is 1. The summed E-state index contributed by atoms with van der Waals surface area (Å²) < 4.78 is 5.05. The van der Waals surface area contributed by atoms with Gasteiger partial charge in [0.05, 0.1) is 6.61 Å². The average molecular weight is 262 g/mol. The van der Waals surface area contributed by atoms with E-state index >= 15 is 0 Å². The molecule has 0 bridgehead atoms. The molecule has 1 aromatic carbocycles. The Morgan fingerprint density at radius 1 is 1.22 bits per heavy atom. The quantitative estimate of drug-likeness (QED) is 0.895. The Hall–Kier alpha value is -1.16. The molecule has 0 saturated heterocycles. The summed E-state index contributed by atoms with van der Waals surface area (Å²) in [6.07, 6.45) is 0.395. The summed E-state index contributed by atoms with van der Waals surface area (Å²) >= 11 is 1.60. The molecule has 1 aromatic heterocycles. The SMILES string of the molecule is COCCc1ccc(C(O)c2sccc2C)cc1. The van der Waals surface area contributed by atoms with Gasteiger partial charge in [0, 0.05) is 12.0 Å². The van der Waals surface area contributed by atoms with Gasteiger partial charge < -0.3 is 9.84 Å². The van der Waals surface area contributed by atoms with Gasteiger partial charge in [-0.15, -0.1) is 11.3 Å². The summed E-state index contributed by atoms with van der Waals surface area (Å²) in [7, 11) is 1.71. The predicted octanol–water partition coefficient (Wildman–Crippen LogP) is 3.33. The third-order valence-electron chi connectivity index (χ3n) is 3.04. The molecular formula is C15H18O2S. The third kappa shape index (κ3) is 2.99. The number of hydrogen-bond donors (Lipinski definition) is 1. The maximum Gasteiger partial charge on any atom is 0.113 e. The molecule has 0 radical (unpaired) electrons. The number of aryl methyl sites for hydroxylation is 1. The van der Waals surface area contributed by atoms with Gasteiger partial charge >= 0.3 is 0 Å². The van der Waals surface area contributed by atoms with Crippen molar-refractivity contribution < 1.29 is 9.84 Å². The van der Waals surface area contributed by atoms with Crippen LogP contribution in [0.4, 0.5) is 0 Å². The molecule has 1 N–H and O–H groups in total. The molecule has 3 heteroatoms. The lowest BCUT2D eigenvalue weighted by Gasteiger charge is -2.11. The number of hydrogen-bond acceptors (Lipinski definition) is 3. The standard InChI is InChI=1S/C15H18O2S/c1-11-8-10-18-15(11)14(16)13-5-3-12(4-6-13)7-9-17-2/h3-6,8,10,14,16H,7,9H2,1-2H3. The fraction of sp³-hybridized carbons (Fsp3) is 0.333. The van der Waals surface area contributed by atoms with Crippen LogP contribution in [0.3, 0.4) is 0 Å². The summed E-state index contributed by atoms with van der Waals surface area (Å²) in [5.41, 5.74) is 3.33. The van der Waals surface area contributed by atoms with E-state index in [2.05, 4.69) is 12.1 Å². The highest BCUT2D eigenvalue weighted by atomic mass is 32.1. The second-order valence-corrected chi connectivity index (χ2v) is 5.30. The van der Waals surface area contributed by atoms with Crippen molar-refractivity contribution in [2.24, 2.45) is 0 Å². The first-order valence-corrected chi connectivity index (χ1v) is 6.90. The summed E-state index contributed by atoms with van der Waals surface area (Å²) in [5, 5.41) is 12.3. The highest BCUT2D eigenvalue weighted by Crippen LogP contribution is 2.29. The molecule has 96 valence electrons. The molecule has 2 rings (SSSR count). The number of rotatable bonds is 5. The minimum atomic E-state index is -0.513. The molecule has 0 aliphatic heterocycles. The maximum absolute atomic E-state index is 10.3. The van der Waals surface area contributed by atoms with Crippen molar-refractivity contribution in [1.29, 1.82) is 0 Å². The van der Waals surface area contributed by atoms with Crippen LogP contribution in [-0.4, -0.2) is 18.8 Å². The number of thiophene rings is 1. The van der Waals surface area contributed by atoms with Gasteiger partial charge in [-0.1, -0.05) is 24.3 Å². The van der Waals surface area contributed by atoms with Crippen LogP contribution in [0.2, 0.25) is 0 Å². The summed E-state index contributed by atoms with van der Waals surface area (Å²) in [4.78, 5) is 1.03. The second-order valence-electron chi connectivity index (χ2n) is 4.35. The monoisotopic (exact) mass is 262 g/mol. The van der Waals surface area contributed by atoms with Gasteiger partial charge in [-0.05, 0) is 41.5 Å². The fourth-order valence-corrected chi connectivity index (χ4v) is 2.84. The van der Waals surface area contributed by atoms with Gasteiger partial charge in [-0.3, -0.25) is 0 Å². The fourth-order valence-electron chi connectivity index (χ4n) is 1.90. The van der Waals surface area contributed by atoms with Crippen molar-refractivity contribution in [2.45, 2.75) is 19.4 Å². The predicted molar refractivity (Wildman–Crippen MR) is 75.1 cm³/mol. The van der Waals surface area contributed by atoms with E-state index in [0.29, 0.717) is 0 Å². The topological polar surface area (TPSA) is 29.5 Å². The Kier molecular flexibility index (Phi) is 4.53. The van der Waals surface area contributed by atoms with E-state index in [1.807, 2.05) is 30.5 Å². The summed E-state index contributed by atoms with van der Waals surface area (Å²) in [5.74, 6) is 0. The third-order valence-corrected chi connectivity index (χ3v) is 4.11. The highest BCUT2D eigenvalue weighted by Gasteiger charge is 2.13. The Labute approximate surface area is 112 Å². The summed E-state index contributed by atoms with van der Waals surface area (Å²) in [6, 6.07) is 10.1. The molecule has 0 aliphatic rings. The summed E-state index contributed by atoms with van der Waals surface area (Å²) in [6.45, 7) is 2.76. The van der Waals surface area contributed by atoms with Crippen LogP contribution in [0.1, 0.15) is 27.7 Å².